The predicted molar refractivity (Wildman–Crippen MR) is 138 cm³/mol. The van der Waals surface area contributed by atoms with Crippen molar-refractivity contribution in [2.24, 2.45) is 5.92 Å². The highest BCUT2D eigenvalue weighted by Crippen LogP contribution is 2.43. The Balaban J connectivity index is 1.54. The molecule has 1 aliphatic carbocycles. The average Bonchev–Trinajstić information content (AvgIpc) is 3.30. The number of carbonyl (C=O) groups is 2. The number of aromatic amines is 1. The number of carbonyl (C=O) groups excluding carboxylic acids is 2. The van der Waals surface area contributed by atoms with Crippen molar-refractivity contribution in [1.29, 1.82) is 0 Å². The number of aromatic nitrogens is 1. The highest BCUT2D eigenvalue weighted by Gasteiger charge is 2.43. The number of H-pyrrole nitrogens is 1. The summed E-state index contributed by atoms with van der Waals surface area (Å²) in [4.78, 5) is 31.9. The van der Waals surface area contributed by atoms with Crippen LogP contribution in [0, 0.1) is 5.92 Å². The van der Waals surface area contributed by atoms with Crippen LogP contribution in [-0.2, 0) is 32.0 Å². The quantitative estimate of drug-likeness (QED) is 0.494. The Labute approximate surface area is 210 Å². The molecule has 2 heterocycles. The molecule has 2 N–H and O–H groups in total. The van der Waals surface area contributed by atoms with Gasteiger partial charge in [-0.25, -0.2) is 0 Å². The van der Waals surface area contributed by atoms with E-state index in [-0.39, 0.29) is 30.4 Å². The lowest BCUT2D eigenvalue weighted by Gasteiger charge is -2.43. The molecule has 2 aromatic carbocycles. The van der Waals surface area contributed by atoms with Gasteiger partial charge in [0.15, 0.2) is 0 Å². The van der Waals surface area contributed by atoms with Crippen LogP contribution in [0.2, 0.25) is 0 Å². The molecule has 7 nitrogen and oxygen atoms in total. The van der Waals surface area contributed by atoms with E-state index in [9.17, 15) is 9.59 Å². The minimum absolute atomic E-state index is 0.0184. The third-order valence-electron chi connectivity index (χ3n) is 7.19. The van der Waals surface area contributed by atoms with Crippen LogP contribution in [0.25, 0.3) is 10.9 Å². The Bertz CT molecular complexity index is 1310. The van der Waals surface area contributed by atoms with Crippen molar-refractivity contribution in [3.63, 3.8) is 0 Å². The van der Waals surface area contributed by atoms with Gasteiger partial charge in [-0.2, -0.15) is 0 Å². The average molecular weight is 486 g/mol. The molecular weight excluding hydrogens is 454 g/mol. The second kappa shape index (κ2) is 10.4. The molecule has 0 fully saturated rings. The predicted octanol–water partition coefficient (Wildman–Crippen LogP) is 4.03. The smallest absolute Gasteiger partial charge is 0.319 e. The number of rotatable bonds is 7. The summed E-state index contributed by atoms with van der Waals surface area (Å²) in [6.07, 6.45) is 7.37. The van der Waals surface area contributed by atoms with Crippen molar-refractivity contribution in [2.75, 3.05) is 20.8 Å². The van der Waals surface area contributed by atoms with E-state index in [0.717, 1.165) is 39.9 Å². The van der Waals surface area contributed by atoms with Crippen LogP contribution in [0.4, 0.5) is 0 Å². The summed E-state index contributed by atoms with van der Waals surface area (Å²) in [6, 6.07) is 17.3. The number of amides is 1. The number of benzene rings is 2. The van der Waals surface area contributed by atoms with E-state index in [0.29, 0.717) is 13.0 Å². The van der Waals surface area contributed by atoms with Gasteiger partial charge in [0.1, 0.15) is 5.76 Å². The first-order chi connectivity index (χ1) is 17.6. The number of ether oxygens (including phenoxy) is 2. The molecule has 5 rings (SSSR count). The summed E-state index contributed by atoms with van der Waals surface area (Å²) in [5.74, 6) is 0.394. The van der Waals surface area contributed by atoms with Gasteiger partial charge in [-0.1, -0.05) is 54.6 Å². The fourth-order valence-corrected chi connectivity index (χ4v) is 5.39. The Morgan fingerprint density at radius 2 is 1.86 bits per heavy atom. The summed E-state index contributed by atoms with van der Waals surface area (Å²) in [7, 11) is 3.04. The number of fused-ring (bicyclic) bond motifs is 3. The molecule has 1 aromatic heterocycles. The van der Waals surface area contributed by atoms with Gasteiger partial charge in [0.2, 0.25) is 5.91 Å². The number of nitrogens with one attached hydrogen (secondary N) is 2. The third kappa shape index (κ3) is 4.66. The minimum Gasteiger partial charge on any atom is -0.497 e. The lowest BCUT2D eigenvalue weighted by Crippen LogP contribution is -2.55. The molecule has 1 aliphatic heterocycles. The number of nitrogens with zero attached hydrogens (tertiary/aromatic N) is 1. The molecule has 0 bridgehead atoms. The maximum Gasteiger partial charge on any atom is 0.319 e. The molecule has 0 saturated heterocycles. The lowest BCUT2D eigenvalue weighted by molar-refractivity contribution is -0.145. The molecule has 186 valence electrons. The number of para-hydroxylation sites is 1. The van der Waals surface area contributed by atoms with Gasteiger partial charge in [-0.05, 0) is 42.2 Å². The molecule has 3 atom stereocenters. The zero-order valence-electron chi connectivity index (χ0n) is 20.6. The van der Waals surface area contributed by atoms with Crippen LogP contribution in [0.3, 0.4) is 0 Å². The van der Waals surface area contributed by atoms with Crippen LogP contribution < -0.4 is 5.32 Å². The van der Waals surface area contributed by atoms with Crippen LogP contribution >= 0.6 is 0 Å². The Morgan fingerprint density at radius 1 is 1.08 bits per heavy atom. The van der Waals surface area contributed by atoms with Crippen LogP contribution in [0.1, 0.15) is 29.3 Å². The highest BCUT2D eigenvalue weighted by atomic mass is 16.5. The van der Waals surface area contributed by atoms with Gasteiger partial charge in [-0.3, -0.25) is 14.5 Å². The van der Waals surface area contributed by atoms with E-state index in [4.69, 9.17) is 9.47 Å². The minimum atomic E-state index is -0.522. The topological polar surface area (TPSA) is 83.7 Å². The van der Waals surface area contributed by atoms with Crippen molar-refractivity contribution in [3.05, 3.63) is 95.4 Å². The van der Waals surface area contributed by atoms with Crippen LogP contribution in [-0.4, -0.2) is 48.6 Å². The van der Waals surface area contributed by atoms with E-state index in [1.165, 1.54) is 7.11 Å². The maximum absolute atomic E-state index is 13.7. The van der Waals surface area contributed by atoms with E-state index >= 15 is 0 Å². The first kappa shape index (κ1) is 23.9. The molecule has 2 aliphatic rings. The molecule has 36 heavy (non-hydrogen) atoms. The van der Waals surface area contributed by atoms with E-state index in [1.54, 1.807) is 7.11 Å². The number of hydrogen-bond donors (Lipinski definition) is 2. The zero-order valence-corrected chi connectivity index (χ0v) is 20.6. The van der Waals surface area contributed by atoms with E-state index < -0.39 is 6.04 Å². The first-order valence-electron chi connectivity index (χ1n) is 12.2. The van der Waals surface area contributed by atoms with Crippen molar-refractivity contribution in [1.82, 2.24) is 15.2 Å². The summed E-state index contributed by atoms with van der Waals surface area (Å²) in [5, 5.41) is 4.22. The van der Waals surface area contributed by atoms with E-state index in [2.05, 4.69) is 34.6 Å². The zero-order chi connectivity index (χ0) is 25.1. The van der Waals surface area contributed by atoms with Crippen LogP contribution in [0.15, 0.2) is 78.6 Å². The number of methoxy groups -OCH3 is 2. The summed E-state index contributed by atoms with van der Waals surface area (Å²) >= 11 is 0. The molecule has 1 unspecified atom stereocenters. The van der Waals surface area contributed by atoms with Gasteiger partial charge in [0, 0.05) is 29.1 Å². The second-order valence-electron chi connectivity index (χ2n) is 9.25. The standard InChI is InChI=1S/C29H31N3O4/c1-35-21-14-12-20(13-15-21)28-27-23(22-10-6-7-11-24(22)31-27)16-25(32(28)18-26(33)36-2)29(34)30-17-19-8-4-3-5-9-19/h3-12,14-15,20,25,28,31H,13,16-18H2,1-2H3,(H,30,34)/t20?,25-,28-/m0/s1. The summed E-state index contributed by atoms with van der Waals surface area (Å²) in [5.41, 5.74) is 4.24. The van der Waals surface area contributed by atoms with Gasteiger partial charge >= 0.3 is 5.97 Å². The number of hydrogen-bond acceptors (Lipinski definition) is 5. The fraction of sp³-hybridized carbons (Fsp3) is 0.310. The monoisotopic (exact) mass is 485 g/mol. The van der Waals surface area contributed by atoms with Gasteiger partial charge < -0.3 is 19.8 Å². The van der Waals surface area contributed by atoms with Crippen LogP contribution in [0.5, 0.6) is 0 Å². The highest BCUT2D eigenvalue weighted by molar-refractivity contribution is 5.89. The molecule has 0 spiro atoms. The van der Waals surface area contributed by atoms with E-state index in [1.807, 2.05) is 53.4 Å². The maximum atomic E-state index is 13.7. The Morgan fingerprint density at radius 3 is 2.58 bits per heavy atom. The Kier molecular flexibility index (Phi) is 6.91. The number of allylic oxidation sites excluding steroid dienone is 2. The van der Waals surface area contributed by atoms with Crippen molar-refractivity contribution in [3.8, 4) is 0 Å². The van der Waals surface area contributed by atoms with Crippen molar-refractivity contribution in [2.45, 2.75) is 31.5 Å². The second-order valence-corrected chi connectivity index (χ2v) is 9.25. The van der Waals surface area contributed by atoms with Gasteiger partial charge in [-0.15, -0.1) is 0 Å². The molecule has 0 radical (unpaired) electrons. The number of esters is 1. The van der Waals surface area contributed by atoms with Gasteiger partial charge in [0.25, 0.3) is 0 Å². The molecule has 1 amide bonds. The third-order valence-corrected chi connectivity index (χ3v) is 7.19. The summed E-state index contributed by atoms with van der Waals surface area (Å²) in [6.45, 7) is 0.446. The summed E-state index contributed by atoms with van der Waals surface area (Å²) < 4.78 is 10.5. The molecule has 0 saturated carbocycles. The largest absolute Gasteiger partial charge is 0.497 e. The first-order valence-corrected chi connectivity index (χ1v) is 12.2. The Hall–Kier alpha value is -3.84. The van der Waals surface area contributed by atoms with Crippen molar-refractivity contribution < 1.29 is 19.1 Å². The fourth-order valence-electron chi connectivity index (χ4n) is 5.39. The molecule has 3 aromatic rings. The molecular formula is C29H31N3O4. The normalized spacial score (nSPS) is 21.5. The SMILES string of the molecule is COC(=O)CN1[C@@H](C2C=CC(OC)=CC2)c2[nH]c3ccccc3c2C[C@H]1C(=O)NCc1ccccc1. The van der Waals surface area contributed by atoms with Crippen molar-refractivity contribution >= 4 is 22.8 Å². The molecule has 7 heteroatoms. The van der Waals surface area contributed by atoms with Gasteiger partial charge in [0.05, 0.1) is 32.8 Å². The lowest BCUT2D eigenvalue weighted by atomic mass is 9.81.